The summed E-state index contributed by atoms with van der Waals surface area (Å²) in [6, 6.07) is 10.7. The molecule has 0 amide bonds. The van der Waals surface area contributed by atoms with Crippen molar-refractivity contribution in [3.05, 3.63) is 48.0 Å². The molecular weight excluding hydrogens is 254 g/mol. The van der Waals surface area contributed by atoms with Crippen molar-refractivity contribution in [2.45, 2.75) is 57.5 Å². The van der Waals surface area contributed by atoms with Crippen LogP contribution in [0.5, 0.6) is 0 Å². The maximum atomic E-state index is 4.11. The maximum absolute atomic E-state index is 4.11. The van der Waals surface area contributed by atoms with Gasteiger partial charge in [0.2, 0.25) is 0 Å². The zero-order chi connectivity index (χ0) is 12.8. The minimum absolute atomic E-state index is 0. The fourth-order valence-corrected chi connectivity index (χ4v) is 3.11. The van der Waals surface area contributed by atoms with Gasteiger partial charge < -0.3 is 5.32 Å². The van der Waals surface area contributed by atoms with Gasteiger partial charge >= 0.3 is 0 Å². The van der Waals surface area contributed by atoms with Gasteiger partial charge in [0.25, 0.3) is 0 Å². The Balaban J connectivity index is 0.00000180. The average Bonchev–Trinajstić information content (AvgIpc) is 2.38. The first kappa shape index (κ1) is 16.3. The minimum atomic E-state index is 0. The summed E-state index contributed by atoms with van der Waals surface area (Å²) in [5, 5.41) is 3.82. The van der Waals surface area contributed by atoms with Crippen LogP contribution < -0.4 is 5.32 Å². The molecular formula is C17H26ClN. The number of hydrogen-bond acceptors (Lipinski definition) is 1. The Morgan fingerprint density at radius 2 is 1.79 bits per heavy atom. The van der Waals surface area contributed by atoms with E-state index in [1.807, 2.05) is 0 Å². The number of rotatable bonds is 5. The summed E-state index contributed by atoms with van der Waals surface area (Å²) in [6.07, 6.45) is 7.83. The van der Waals surface area contributed by atoms with Crippen LogP contribution in [0.4, 0.5) is 0 Å². The summed E-state index contributed by atoms with van der Waals surface area (Å²) in [7, 11) is 0. The highest BCUT2D eigenvalue weighted by atomic mass is 35.5. The SMILES string of the molecule is C=C(C)CC1(NCc2ccccc2)CCCCC1.Cl. The highest BCUT2D eigenvalue weighted by molar-refractivity contribution is 5.85. The molecule has 1 aromatic rings. The van der Waals surface area contributed by atoms with Crippen LogP contribution >= 0.6 is 12.4 Å². The Morgan fingerprint density at radius 1 is 1.16 bits per heavy atom. The topological polar surface area (TPSA) is 12.0 Å². The van der Waals surface area contributed by atoms with Crippen LogP contribution in [0.25, 0.3) is 0 Å². The normalized spacial score (nSPS) is 17.5. The van der Waals surface area contributed by atoms with E-state index in [0.29, 0.717) is 5.54 Å². The van der Waals surface area contributed by atoms with Crippen molar-refractivity contribution in [3.8, 4) is 0 Å². The van der Waals surface area contributed by atoms with Gasteiger partial charge in [0.1, 0.15) is 0 Å². The number of benzene rings is 1. The molecule has 0 aromatic heterocycles. The first-order chi connectivity index (χ1) is 8.70. The Bertz CT molecular complexity index is 380. The average molecular weight is 280 g/mol. The van der Waals surface area contributed by atoms with Crippen LogP contribution in [0.15, 0.2) is 42.5 Å². The molecule has 0 aliphatic heterocycles. The lowest BCUT2D eigenvalue weighted by Gasteiger charge is -2.39. The fourth-order valence-electron chi connectivity index (χ4n) is 3.11. The van der Waals surface area contributed by atoms with Gasteiger partial charge in [0.05, 0.1) is 0 Å². The van der Waals surface area contributed by atoms with Gasteiger partial charge in [-0.15, -0.1) is 19.0 Å². The van der Waals surface area contributed by atoms with E-state index in [9.17, 15) is 0 Å². The van der Waals surface area contributed by atoms with E-state index in [4.69, 9.17) is 0 Å². The summed E-state index contributed by atoms with van der Waals surface area (Å²) in [5.74, 6) is 0. The smallest absolute Gasteiger partial charge is 0.0221 e. The molecule has 1 N–H and O–H groups in total. The van der Waals surface area contributed by atoms with Crippen molar-refractivity contribution < 1.29 is 0 Å². The molecule has 0 heterocycles. The lowest BCUT2D eigenvalue weighted by molar-refractivity contribution is 0.227. The molecule has 2 heteroatoms. The number of halogens is 1. The number of nitrogens with one attached hydrogen (secondary N) is 1. The molecule has 1 aromatic carbocycles. The van der Waals surface area contributed by atoms with Gasteiger partial charge in [-0.2, -0.15) is 0 Å². The molecule has 0 radical (unpaired) electrons. The Labute approximate surface area is 123 Å². The Morgan fingerprint density at radius 3 is 2.37 bits per heavy atom. The van der Waals surface area contributed by atoms with Gasteiger partial charge in [0, 0.05) is 12.1 Å². The van der Waals surface area contributed by atoms with Crippen LogP contribution in [0.2, 0.25) is 0 Å². The first-order valence-electron chi connectivity index (χ1n) is 7.14. The lowest BCUT2D eigenvalue weighted by atomic mass is 9.77. The third kappa shape index (κ3) is 5.00. The summed E-state index contributed by atoms with van der Waals surface area (Å²) < 4.78 is 0. The maximum Gasteiger partial charge on any atom is 0.0221 e. The van der Waals surface area contributed by atoms with E-state index < -0.39 is 0 Å². The van der Waals surface area contributed by atoms with Crippen molar-refractivity contribution >= 4 is 12.4 Å². The van der Waals surface area contributed by atoms with Crippen molar-refractivity contribution in [1.29, 1.82) is 0 Å². The Kier molecular flexibility index (Phi) is 6.60. The van der Waals surface area contributed by atoms with E-state index >= 15 is 0 Å². The summed E-state index contributed by atoms with van der Waals surface area (Å²) in [4.78, 5) is 0. The van der Waals surface area contributed by atoms with Gasteiger partial charge in [-0.05, 0) is 31.7 Å². The van der Waals surface area contributed by atoms with E-state index in [1.54, 1.807) is 0 Å². The summed E-state index contributed by atoms with van der Waals surface area (Å²) >= 11 is 0. The molecule has 1 nitrogen and oxygen atoms in total. The fraction of sp³-hybridized carbons (Fsp3) is 0.529. The molecule has 19 heavy (non-hydrogen) atoms. The summed E-state index contributed by atoms with van der Waals surface area (Å²) in [6.45, 7) is 7.24. The monoisotopic (exact) mass is 279 g/mol. The molecule has 0 saturated heterocycles. The third-order valence-corrected chi connectivity index (χ3v) is 3.96. The second-order valence-corrected chi connectivity index (χ2v) is 5.81. The molecule has 0 spiro atoms. The molecule has 1 aliphatic carbocycles. The van der Waals surface area contributed by atoms with Crippen LogP contribution in [-0.2, 0) is 6.54 Å². The van der Waals surface area contributed by atoms with E-state index in [-0.39, 0.29) is 12.4 Å². The van der Waals surface area contributed by atoms with Crippen LogP contribution in [-0.4, -0.2) is 5.54 Å². The highest BCUT2D eigenvalue weighted by Crippen LogP contribution is 2.33. The van der Waals surface area contributed by atoms with Crippen molar-refractivity contribution in [1.82, 2.24) is 5.32 Å². The van der Waals surface area contributed by atoms with Crippen LogP contribution in [0.3, 0.4) is 0 Å². The quantitative estimate of drug-likeness (QED) is 0.759. The van der Waals surface area contributed by atoms with Gasteiger partial charge in [-0.3, -0.25) is 0 Å². The molecule has 106 valence electrons. The summed E-state index contributed by atoms with van der Waals surface area (Å²) in [5.41, 5.74) is 2.99. The van der Waals surface area contributed by atoms with Gasteiger partial charge in [-0.25, -0.2) is 0 Å². The molecule has 1 saturated carbocycles. The predicted octanol–water partition coefficient (Wildman–Crippen LogP) is 4.87. The van der Waals surface area contributed by atoms with Gasteiger partial charge in [0.15, 0.2) is 0 Å². The van der Waals surface area contributed by atoms with Crippen LogP contribution in [0, 0.1) is 0 Å². The number of hydrogen-bond donors (Lipinski definition) is 1. The minimum Gasteiger partial charge on any atom is -0.307 e. The lowest BCUT2D eigenvalue weighted by Crippen LogP contribution is -2.46. The van der Waals surface area contributed by atoms with E-state index in [2.05, 4.69) is 49.2 Å². The van der Waals surface area contributed by atoms with E-state index in [0.717, 1.165) is 13.0 Å². The molecule has 0 bridgehead atoms. The first-order valence-corrected chi connectivity index (χ1v) is 7.14. The zero-order valence-corrected chi connectivity index (χ0v) is 12.8. The van der Waals surface area contributed by atoms with Crippen molar-refractivity contribution in [2.75, 3.05) is 0 Å². The third-order valence-electron chi connectivity index (χ3n) is 3.96. The standard InChI is InChI=1S/C17H25N.ClH/c1-15(2)13-17(11-7-4-8-12-17)18-14-16-9-5-3-6-10-16;/h3,5-6,9-10,18H,1,4,7-8,11-14H2,2H3;1H. The molecule has 0 unspecified atom stereocenters. The zero-order valence-electron chi connectivity index (χ0n) is 12.0. The molecule has 1 aliphatic rings. The van der Waals surface area contributed by atoms with Crippen LogP contribution in [0.1, 0.15) is 51.0 Å². The van der Waals surface area contributed by atoms with Gasteiger partial charge in [-0.1, -0.05) is 55.2 Å². The van der Waals surface area contributed by atoms with Crippen molar-refractivity contribution in [2.24, 2.45) is 0 Å². The largest absolute Gasteiger partial charge is 0.307 e. The van der Waals surface area contributed by atoms with Crippen molar-refractivity contribution in [3.63, 3.8) is 0 Å². The second-order valence-electron chi connectivity index (χ2n) is 5.81. The molecule has 0 atom stereocenters. The van der Waals surface area contributed by atoms with E-state index in [1.165, 1.54) is 43.2 Å². The second kappa shape index (κ2) is 7.72. The Hall–Kier alpha value is -0.790. The molecule has 2 rings (SSSR count). The highest BCUT2D eigenvalue weighted by Gasteiger charge is 2.31. The predicted molar refractivity (Wildman–Crippen MR) is 85.8 cm³/mol. The molecule has 1 fully saturated rings.